The molecule has 148 valence electrons. The Balaban J connectivity index is 1.52. The fourth-order valence-electron chi connectivity index (χ4n) is 3.47. The van der Waals surface area contributed by atoms with E-state index in [9.17, 15) is 9.59 Å². The lowest BCUT2D eigenvalue weighted by atomic mass is 9.93. The highest BCUT2D eigenvalue weighted by Gasteiger charge is 2.32. The molecule has 3 rings (SSSR count). The van der Waals surface area contributed by atoms with Gasteiger partial charge in [-0.05, 0) is 43.9 Å². The van der Waals surface area contributed by atoms with E-state index in [2.05, 4.69) is 17.6 Å². The van der Waals surface area contributed by atoms with Crippen molar-refractivity contribution in [3.8, 4) is 11.5 Å². The van der Waals surface area contributed by atoms with Crippen LogP contribution in [0.15, 0.2) is 18.2 Å². The van der Waals surface area contributed by atoms with E-state index in [1.54, 1.807) is 4.90 Å². The summed E-state index contributed by atoms with van der Waals surface area (Å²) in [5.74, 6) is 1.36. The largest absolute Gasteiger partial charge is 0.454 e. The summed E-state index contributed by atoms with van der Waals surface area (Å²) in [7, 11) is 0. The minimum absolute atomic E-state index is 0.0592. The number of fused-ring (bicyclic) bond motifs is 1. The van der Waals surface area contributed by atoms with E-state index in [-0.39, 0.29) is 30.7 Å². The molecule has 0 saturated carbocycles. The number of urea groups is 1. The van der Waals surface area contributed by atoms with Gasteiger partial charge in [0, 0.05) is 25.7 Å². The molecule has 0 unspecified atom stereocenters. The first kappa shape index (κ1) is 19.3. The smallest absolute Gasteiger partial charge is 0.317 e. The first-order valence-electron chi connectivity index (χ1n) is 9.79. The van der Waals surface area contributed by atoms with E-state index in [4.69, 9.17) is 9.47 Å². The number of rotatable bonds is 6. The molecule has 0 bridgehead atoms. The van der Waals surface area contributed by atoms with Gasteiger partial charge in [-0.2, -0.15) is 0 Å². The first-order valence-corrected chi connectivity index (χ1v) is 9.79. The van der Waals surface area contributed by atoms with Gasteiger partial charge in [-0.1, -0.05) is 19.4 Å². The molecule has 2 aliphatic heterocycles. The van der Waals surface area contributed by atoms with Crippen LogP contribution in [-0.2, 0) is 11.3 Å². The van der Waals surface area contributed by atoms with Crippen LogP contribution in [0.4, 0.5) is 4.79 Å². The Labute approximate surface area is 160 Å². The van der Waals surface area contributed by atoms with Gasteiger partial charge in [-0.25, -0.2) is 4.79 Å². The Morgan fingerprint density at radius 3 is 2.81 bits per heavy atom. The molecule has 0 radical (unpaired) electrons. The van der Waals surface area contributed by atoms with E-state index in [1.807, 2.05) is 25.1 Å². The van der Waals surface area contributed by atoms with E-state index < -0.39 is 0 Å². The third-order valence-corrected chi connectivity index (χ3v) is 5.22. The number of nitrogens with one attached hydrogen (secondary N) is 2. The number of unbranched alkanes of at least 4 members (excludes halogenated alkanes) is 1. The van der Waals surface area contributed by atoms with Gasteiger partial charge in [0.1, 0.15) is 0 Å². The highest BCUT2D eigenvalue weighted by molar-refractivity contribution is 5.81. The fraction of sp³-hybridized carbons (Fsp3) is 0.600. The lowest BCUT2D eigenvalue weighted by Crippen LogP contribution is -2.52. The Kier molecular flexibility index (Phi) is 6.42. The summed E-state index contributed by atoms with van der Waals surface area (Å²) in [5.41, 5.74) is 0.950. The molecule has 1 saturated heterocycles. The number of piperidine rings is 1. The predicted molar refractivity (Wildman–Crippen MR) is 102 cm³/mol. The van der Waals surface area contributed by atoms with Crippen LogP contribution < -0.4 is 20.1 Å². The minimum atomic E-state index is -0.133. The van der Waals surface area contributed by atoms with E-state index >= 15 is 0 Å². The van der Waals surface area contributed by atoms with E-state index in [1.165, 1.54) is 0 Å². The molecule has 1 aromatic rings. The molecule has 1 aromatic carbocycles. The summed E-state index contributed by atoms with van der Waals surface area (Å²) < 4.78 is 10.7. The van der Waals surface area contributed by atoms with E-state index in [0.29, 0.717) is 25.4 Å². The number of hydrogen-bond donors (Lipinski definition) is 2. The molecule has 2 aliphatic rings. The number of likely N-dealkylation sites (tertiary alicyclic amines) is 1. The Hall–Kier alpha value is -2.44. The summed E-state index contributed by atoms with van der Waals surface area (Å²) in [6, 6.07) is 5.64. The van der Waals surface area contributed by atoms with Gasteiger partial charge < -0.3 is 25.0 Å². The van der Waals surface area contributed by atoms with Crippen molar-refractivity contribution < 1.29 is 19.1 Å². The monoisotopic (exact) mass is 375 g/mol. The standard InChI is InChI=1S/C20H29N3O4/c1-3-4-9-21-19(24)16-7-5-14(2)23(12-16)20(25)22-11-15-6-8-17-18(10-15)27-13-26-17/h6,8,10,14,16H,3-5,7,9,11-13H2,1-2H3,(H,21,24)(H,22,25)/t14-,16-/m1/s1. The highest BCUT2D eigenvalue weighted by atomic mass is 16.7. The number of carbonyl (C=O) groups excluding carboxylic acids is 2. The van der Waals surface area contributed by atoms with Crippen molar-refractivity contribution >= 4 is 11.9 Å². The van der Waals surface area contributed by atoms with Crippen molar-refractivity contribution in [2.24, 2.45) is 5.92 Å². The molecular formula is C20H29N3O4. The van der Waals surface area contributed by atoms with Gasteiger partial charge in [0.25, 0.3) is 0 Å². The fourth-order valence-corrected chi connectivity index (χ4v) is 3.47. The normalized spacial score (nSPS) is 21.0. The maximum absolute atomic E-state index is 12.7. The first-order chi connectivity index (χ1) is 13.1. The molecule has 0 spiro atoms. The van der Waals surface area contributed by atoms with Gasteiger partial charge >= 0.3 is 6.03 Å². The number of amides is 3. The van der Waals surface area contributed by atoms with Crippen LogP contribution in [0.1, 0.15) is 45.1 Å². The second-order valence-corrected chi connectivity index (χ2v) is 7.27. The van der Waals surface area contributed by atoms with Crippen LogP contribution in [0.5, 0.6) is 11.5 Å². The van der Waals surface area contributed by atoms with Crippen molar-refractivity contribution in [2.75, 3.05) is 19.9 Å². The Morgan fingerprint density at radius 1 is 1.19 bits per heavy atom. The molecule has 2 atom stereocenters. The zero-order chi connectivity index (χ0) is 19.2. The maximum atomic E-state index is 12.7. The average molecular weight is 375 g/mol. The van der Waals surface area contributed by atoms with Crippen molar-refractivity contribution in [2.45, 2.75) is 52.1 Å². The summed E-state index contributed by atoms with van der Waals surface area (Å²) in [6.07, 6.45) is 3.69. The summed E-state index contributed by atoms with van der Waals surface area (Å²) >= 11 is 0. The Bertz CT molecular complexity index is 679. The van der Waals surface area contributed by atoms with Crippen LogP contribution >= 0.6 is 0 Å². The zero-order valence-electron chi connectivity index (χ0n) is 16.1. The minimum Gasteiger partial charge on any atom is -0.454 e. The van der Waals surface area contributed by atoms with Gasteiger partial charge in [0.2, 0.25) is 12.7 Å². The second kappa shape index (κ2) is 8.97. The van der Waals surface area contributed by atoms with Crippen LogP contribution in [0.25, 0.3) is 0 Å². The lowest BCUT2D eigenvalue weighted by molar-refractivity contribution is -0.126. The second-order valence-electron chi connectivity index (χ2n) is 7.27. The van der Waals surface area contributed by atoms with Gasteiger partial charge in [0.15, 0.2) is 11.5 Å². The highest BCUT2D eigenvalue weighted by Crippen LogP contribution is 2.32. The Morgan fingerprint density at radius 2 is 2.00 bits per heavy atom. The number of ether oxygens (including phenoxy) is 2. The lowest BCUT2D eigenvalue weighted by Gasteiger charge is -2.37. The molecule has 0 aromatic heterocycles. The van der Waals surface area contributed by atoms with Crippen LogP contribution in [0, 0.1) is 5.92 Å². The number of carbonyl (C=O) groups is 2. The quantitative estimate of drug-likeness (QED) is 0.749. The predicted octanol–water partition coefficient (Wildman–Crippen LogP) is 2.64. The molecule has 27 heavy (non-hydrogen) atoms. The van der Waals surface area contributed by atoms with E-state index in [0.717, 1.165) is 37.0 Å². The SMILES string of the molecule is CCCCNC(=O)[C@@H]1CC[C@@H](C)N(C(=O)NCc2ccc3c(c2)OCO3)C1. The molecular weight excluding hydrogens is 346 g/mol. The van der Waals surface area contributed by atoms with Gasteiger partial charge in [-0.15, -0.1) is 0 Å². The van der Waals surface area contributed by atoms with Crippen molar-refractivity contribution in [1.29, 1.82) is 0 Å². The molecule has 3 amide bonds. The van der Waals surface area contributed by atoms with Crippen LogP contribution in [0.2, 0.25) is 0 Å². The average Bonchev–Trinajstić information content (AvgIpc) is 3.14. The van der Waals surface area contributed by atoms with Gasteiger partial charge in [-0.3, -0.25) is 4.79 Å². The molecule has 7 nitrogen and oxygen atoms in total. The summed E-state index contributed by atoms with van der Waals surface area (Å²) in [5, 5.41) is 5.95. The van der Waals surface area contributed by atoms with Crippen molar-refractivity contribution in [3.05, 3.63) is 23.8 Å². The molecule has 7 heteroatoms. The van der Waals surface area contributed by atoms with Crippen LogP contribution in [-0.4, -0.2) is 42.8 Å². The molecule has 0 aliphatic carbocycles. The van der Waals surface area contributed by atoms with Gasteiger partial charge in [0.05, 0.1) is 5.92 Å². The number of hydrogen-bond acceptors (Lipinski definition) is 4. The van der Waals surface area contributed by atoms with Crippen molar-refractivity contribution in [3.63, 3.8) is 0 Å². The maximum Gasteiger partial charge on any atom is 0.317 e. The van der Waals surface area contributed by atoms with Crippen LogP contribution in [0.3, 0.4) is 0 Å². The summed E-state index contributed by atoms with van der Waals surface area (Å²) in [6.45, 7) is 5.94. The number of nitrogens with zero attached hydrogens (tertiary/aromatic N) is 1. The van der Waals surface area contributed by atoms with Crippen molar-refractivity contribution in [1.82, 2.24) is 15.5 Å². The zero-order valence-corrected chi connectivity index (χ0v) is 16.1. The molecule has 2 heterocycles. The number of benzene rings is 1. The molecule has 2 N–H and O–H groups in total. The third kappa shape index (κ3) is 4.84. The summed E-state index contributed by atoms with van der Waals surface area (Å²) in [4.78, 5) is 26.8. The third-order valence-electron chi connectivity index (χ3n) is 5.22. The molecule has 1 fully saturated rings. The topological polar surface area (TPSA) is 79.9 Å².